The van der Waals surface area contributed by atoms with Gasteiger partial charge in [0.2, 0.25) is 0 Å². The summed E-state index contributed by atoms with van der Waals surface area (Å²) in [4.78, 5) is 15.5. The third-order valence-electron chi connectivity index (χ3n) is 11.6. The molecule has 0 fully saturated rings. The van der Waals surface area contributed by atoms with E-state index >= 15 is 0 Å². The third kappa shape index (κ3) is 5.37. The van der Waals surface area contributed by atoms with Crippen LogP contribution in [0.1, 0.15) is 42.4 Å². The molecular weight excluding hydrogens is 697 g/mol. The molecule has 57 heavy (non-hydrogen) atoms. The van der Waals surface area contributed by atoms with Gasteiger partial charge >= 0.3 is 0 Å². The number of aromatic nitrogens is 4. The van der Waals surface area contributed by atoms with Gasteiger partial charge < -0.3 is 9.30 Å². The summed E-state index contributed by atoms with van der Waals surface area (Å²) in [7, 11) is 0. The number of nitrogens with zero attached hydrogens (tertiary/aromatic N) is 4. The van der Waals surface area contributed by atoms with Crippen molar-refractivity contribution in [1.82, 2.24) is 19.5 Å². The van der Waals surface area contributed by atoms with Crippen molar-refractivity contribution >= 4 is 38.6 Å². The van der Waals surface area contributed by atoms with Crippen LogP contribution in [0.2, 0.25) is 0 Å². The average molecular weight is 733 g/mol. The molecule has 11 rings (SSSR count). The Labute approximate surface area is 331 Å². The van der Waals surface area contributed by atoms with Crippen molar-refractivity contribution in [3.63, 3.8) is 0 Å². The first kappa shape index (κ1) is 33.1. The first-order valence-electron chi connectivity index (χ1n) is 19.5. The van der Waals surface area contributed by atoms with E-state index in [-0.39, 0.29) is 5.92 Å². The predicted molar refractivity (Wildman–Crippen MR) is 231 cm³/mol. The maximum Gasteiger partial charge on any atom is 0.164 e. The van der Waals surface area contributed by atoms with Crippen LogP contribution in [0.3, 0.4) is 0 Å². The molecule has 0 amide bonds. The Kier molecular flexibility index (Phi) is 7.65. The fourth-order valence-corrected chi connectivity index (χ4v) is 8.92. The van der Waals surface area contributed by atoms with Crippen LogP contribution in [0.25, 0.3) is 72.8 Å². The molecule has 0 bridgehead atoms. The van der Waals surface area contributed by atoms with Gasteiger partial charge in [0.15, 0.2) is 17.5 Å². The molecule has 8 aromatic rings. The minimum absolute atomic E-state index is 0.0581. The number of hydrogen-bond donors (Lipinski definition) is 0. The van der Waals surface area contributed by atoms with E-state index in [1.165, 1.54) is 11.1 Å². The van der Waals surface area contributed by atoms with Crippen molar-refractivity contribution in [2.24, 2.45) is 0 Å². The van der Waals surface area contributed by atoms with Gasteiger partial charge in [-0.25, -0.2) is 15.0 Å². The van der Waals surface area contributed by atoms with Crippen LogP contribution in [0.4, 0.5) is 0 Å². The summed E-state index contributed by atoms with van der Waals surface area (Å²) in [6.07, 6.45) is 8.81. The SMILES string of the molecule is CC12Oc3ccccc3C1=CC(n1c3cccc(C4=CCCC#C4)c3c3c(-c4nc(-c5ccccc5)nc(-c5ccccc5)n4)cccc31)=CC2c1ccccc1. The van der Waals surface area contributed by atoms with E-state index in [0.717, 1.165) is 79.5 Å². The van der Waals surface area contributed by atoms with Gasteiger partial charge in [0.05, 0.1) is 11.0 Å². The van der Waals surface area contributed by atoms with Crippen LogP contribution in [-0.4, -0.2) is 25.1 Å². The molecular formula is C52H36N4O. The standard InChI is InChI=1S/C52H36N4O/c1-52-42(35-20-8-3-9-21-35)32-38(33-43(52)40-26-14-15-31-46(40)57-52)56-44-29-16-27-39(34-18-6-2-7-19-34)47(44)48-41(28-17-30-45(48)56)51-54-49(36-22-10-4-11-23-36)53-50(55-51)37-24-12-5-13-25-37/h3-5,8-18,20-33,42H,2,6H2,1H3. The van der Waals surface area contributed by atoms with E-state index in [9.17, 15) is 0 Å². The fraction of sp³-hybridized carbons (Fsp3) is 0.0962. The first-order valence-corrected chi connectivity index (χ1v) is 19.5. The van der Waals surface area contributed by atoms with Crippen LogP contribution in [0.15, 0.2) is 170 Å². The molecule has 2 aromatic heterocycles. The minimum Gasteiger partial charge on any atom is -0.481 e. The van der Waals surface area contributed by atoms with Gasteiger partial charge in [-0.05, 0) is 54.8 Å². The van der Waals surface area contributed by atoms with Crippen LogP contribution in [-0.2, 0) is 0 Å². The highest BCUT2D eigenvalue weighted by Crippen LogP contribution is 2.55. The molecule has 270 valence electrons. The molecule has 0 saturated carbocycles. The van der Waals surface area contributed by atoms with Crippen molar-refractivity contribution in [2.45, 2.75) is 31.3 Å². The highest BCUT2D eigenvalue weighted by atomic mass is 16.5. The summed E-state index contributed by atoms with van der Waals surface area (Å²) in [5.74, 6) is 9.61. The predicted octanol–water partition coefficient (Wildman–Crippen LogP) is 12.0. The van der Waals surface area contributed by atoms with E-state index in [2.05, 4.69) is 157 Å². The number of fused-ring (bicyclic) bond motifs is 6. The molecule has 2 unspecified atom stereocenters. The third-order valence-corrected chi connectivity index (χ3v) is 11.6. The van der Waals surface area contributed by atoms with Gasteiger partial charge in [0, 0.05) is 62.2 Å². The second kappa shape index (κ2) is 13.2. The summed E-state index contributed by atoms with van der Waals surface area (Å²) in [5, 5.41) is 2.20. The van der Waals surface area contributed by atoms with Crippen LogP contribution < -0.4 is 4.74 Å². The Bertz CT molecular complexity index is 3000. The molecule has 5 nitrogen and oxygen atoms in total. The number of benzene rings is 6. The summed E-state index contributed by atoms with van der Waals surface area (Å²) < 4.78 is 9.34. The molecule has 1 aliphatic heterocycles. The Hall–Kier alpha value is -7.29. The van der Waals surface area contributed by atoms with Crippen molar-refractivity contribution in [3.05, 3.63) is 187 Å². The smallest absolute Gasteiger partial charge is 0.164 e. The number of para-hydroxylation sites is 1. The lowest BCUT2D eigenvalue weighted by atomic mass is 9.74. The topological polar surface area (TPSA) is 52.8 Å². The number of ether oxygens (including phenoxy) is 1. The fourth-order valence-electron chi connectivity index (χ4n) is 8.92. The molecule has 6 aromatic carbocycles. The van der Waals surface area contributed by atoms with Crippen LogP contribution in [0, 0.1) is 11.8 Å². The zero-order valence-corrected chi connectivity index (χ0v) is 31.4. The number of hydrogen-bond acceptors (Lipinski definition) is 4. The number of rotatable bonds is 6. The van der Waals surface area contributed by atoms with E-state index < -0.39 is 5.60 Å². The van der Waals surface area contributed by atoms with Crippen molar-refractivity contribution in [3.8, 4) is 51.8 Å². The van der Waals surface area contributed by atoms with Crippen LogP contribution in [0.5, 0.6) is 5.75 Å². The summed E-state index contributed by atoms with van der Waals surface area (Å²) in [5.41, 5.74) is 11.1. The maximum absolute atomic E-state index is 6.91. The highest BCUT2D eigenvalue weighted by molar-refractivity contribution is 6.20. The van der Waals surface area contributed by atoms with Gasteiger partial charge in [-0.2, -0.15) is 0 Å². The second-order valence-electron chi connectivity index (χ2n) is 15.0. The van der Waals surface area contributed by atoms with Gasteiger partial charge in [-0.3, -0.25) is 0 Å². The maximum atomic E-state index is 6.91. The zero-order valence-electron chi connectivity index (χ0n) is 31.4. The molecule has 2 aliphatic carbocycles. The largest absolute Gasteiger partial charge is 0.481 e. The zero-order chi connectivity index (χ0) is 37.9. The second-order valence-corrected chi connectivity index (χ2v) is 15.0. The molecule has 5 heteroatoms. The molecule has 3 aliphatic rings. The lowest BCUT2D eigenvalue weighted by Gasteiger charge is -2.37. The Morgan fingerprint density at radius 1 is 0.614 bits per heavy atom. The summed E-state index contributed by atoms with van der Waals surface area (Å²) >= 11 is 0. The lowest BCUT2D eigenvalue weighted by Crippen LogP contribution is -2.38. The first-order chi connectivity index (χ1) is 28.1. The summed E-state index contributed by atoms with van der Waals surface area (Å²) in [6, 6.07) is 52.6. The van der Waals surface area contributed by atoms with E-state index in [1.807, 2.05) is 36.4 Å². The highest BCUT2D eigenvalue weighted by Gasteiger charge is 2.48. The molecule has 2 atom stereocenters. The van der Waals surface area contributed by atoms with Crippen molar-refractivity contribution in [1.29, 1.82) is 0 Å². The van der Waals surface area contributed by atoms with Gasteiger partial charge in [0.1, 0.15) is 11.4 Å². The van der Waals surface area contributed by atoms with Gasteiger partial charge in [-0.15, -0.1) is 0 Å². The molecule has 0 spiro atoms. The molecule has 3 heterocycles. The quantitative estimate of drug-likeness (QED) is 0.160. The molecule has 0 saturated heterocycles. The van der Waals surface area contributed by atoms with Gasteiger partial charge in [0.25, 0.3) is 0 Å². The molecule has 0 N–H and O–H groups in total. The Morgan fingerprint density at radius 3 is 1.86 bits per heavy atom. The summed E-state index contributed by atoms with van der Waals surface area (Å²) in [6.45, 7) is 2.23. The van der Waals surface area contributed by atoms with E-state index in [1.54, 1.807) is 0 Å². The van der Waals surface area contributed by atoms with Crippen molar-refractivity contribution < 1.29 is 4.74 Å². The van der Waals surface area contributed by atoms with E-state index in [4.69, 9.17) is 19.7 Å². The normalized spacial score (nSPS) is 18.1. The molecule has 0 radical (unpaired) electrons. The average Bonchev–Trinajstić information content (AvgIpc) is 3.79. The monoisotopic (exact) mass is 732 g/mol. The van der Waals surface area contributed by atoms with E-state index in [0.29, 0.717) is 17.5 Å². The number of allylic oxidation sites excluding steroid dienone is 4. The van der Waals surface area contributed by atoms with Crippen molar-refractivity contribution in [2.75, 3.05) is 0 Å². The lowest BCUT2D eigenvalue weighted by molar-refractivity contribution is 0.149. The van der Waals surface area contributed by atoms with Gasteiger partial charge in [-0.1, -0.05) is 151 Å². The van der Waals surface area contributed by atoms with Crippen LogP contribution >= 0.6 is 0 Å². The minimum atomic E-state index is -0.585. The Balaban J connectivity index is 1.23. The Morgan fingerprint density at radius 2 is 1.19 bits per heavy atom.